The van der Waals surface area contributed by atoms with Crippen LogP contribution in [0.4, 0.5) is 5.82 Å². The van der Waals surface area contributed by atoms with Gasteiger partial charge in [0.05, 0.1) is 13.4 Å². The maximum absolute atomic E-state index is 5.02. The second-order valence-electron chi connectivity index (χ2n) is 3.53. The van der Waals surface area contributed by atoms with Gasteiger partial charge in [0.1, 0.15) is 12.1 Å². The Kier molecular flexibility index (Phi) is 3.90. The minimum Gasteiger partial charge on any atom is -0.481 e. The van der Waals surface area contributed by atoms with Gasteiger partial charge in [0.15, 0.2) is 0 Å². The second-order valence-corrected chi connectivity index (χ2v) is 3.53. The van der Waals surface area contributed by atoms with Crippen molar-refractivity contribution in [1.82, 2.24) is 19.5 Å². The Morgan fingerprint density at radius 2 is 2.35 bits per heavy atom. The zero-order valence-corrected chi connectivity index (χ0v) is 9.71. The molecule has 0 spiro atoms. The number of hydrogen-bond donors (Lipinski definition) is 1. The molecule has 0 radical (unpaired) electrons. The van der Waals surface area contributed by atoms with Gasteiger partial charge in [-0.25, -0.2) is 15.0 Å². The van der Waals surface area contributed by atoms with E-state index >= 15 is 0 Å². The standard InChI is InChI=1S/C11H15N5O/c1-17-11-7-10(14-8-15-11)13-3-2-5-16-6-4-12-9-16/h4,6-9H,2-3,5H2,1H3,(H,13,14,15). The number of ether oxygens (including phenoxy) is 1. The molecule has 0 amide bonds. The molecular formula is C11H15N5O. The van der Waals surface area contributed by atoms with Gasteiger partial charge in [0.2, 0.25) is 5.88 Å². The van der Waals surface area contributed by atoms with E-state index in [1.807, 2.05) is 17.1 Å². The highest BCUT2D eigenvalue weighted by Gasteiger charge is 1.97. The number of methoxy groups -OCH3 is 1. The normalized spacial score (nSPS) is 10.2. The monoisotopic (exact) mass is 233 g/mol. The van der Waals surface area contributed by atoms with E-state index in [-0.39, 0.29) is 0 Å². The number of hydrogen-bond acceptors (Lipinski definition) is 5. The highest BCUT2D eigenvalue weighted by atomic mass is 16.5. The fourth-order valence-corrected chi connectivity index (χ4v) is 1.44. The van der Waals surface area contributed by atoms with Gasteiger partial charge in [-0.1, -0.05) is 0 Å². The maximum Gasteiger partial charge on any atom is 0.218 e. The van der Waals surface area contributed by atoms with Crippen LogP contribution in [-0.2, 0) is 6.54 Å². The number of aryl methyl sites for hydroxylation is 1. The van der Waals surface area contributed by atoms with Gasteiger partial charge in [-0.3, -0.25) is 0 Å². The lowest BCUT2D eigenvalue weighted by Crippen LogP contribution is -2.07. The van der Waals surface area contributed by atoms with E-state index in [0.29, 0.717) is 5.88 Å². The fourth-order valence-electron chi connectivity index (χ4n) is 1.44. The topological polar surface area (TPSA) is 64.9 Å². The van der Waals surface area contributed by atoms with Gasteiger partial charge in [-0.05, 0) is 6.42 Å². The number of imidazole rings is 1. The number of aromatic nitrogens is 4. The van der Waals surface area contributed by atoms with E-state index in [1.54, 1.807) is 19.4 Å². The van der Waals surface area contributed by atoms with E-state index < -0.39 is 0 Å². The Labute approximate surface area is 99.7 Å². The largest absolute Gasteiger partial charge is 0.481 e. The molecule has 0 saturated carbocycles. The van der Waals surface area contributed by atoms with Crippen molar-refractivity contribution in [3.05, 3.63) is 31.1 Å². The summed E-state index contributed by atoms with van der Waals surface area (Å²) < 4.78 is 7.06. The summed E-state index contributed by atoms with van der Waals surface area (Å²) in [5.74, 6) is 1.35. The first-order chi connectivity index (χ1) is 8.38. The molecule has 0 atom stereocenters. The molecule has 6 nitrogen and oxygen atoms in total. The zero-order chi connectivity index (χ0) is 11.9. The predicted molar refractivity (Wildman–Crippen MR) is 63.9 cm³/mol. The highest BCUT2D eigenvalue weighted by molar-refractivity contribution is 5.36. The molecule has 0 aromatic carbocycles. The third-order valence-electron chi connectivity index (χ3n) is 2.31. The second kappa shape index (κ2) is 5.83. The van der Waals surface area contributed by atoms with Crippen molar-refractivity contribution in [3.8, 4) is 5.88 Å². The molecule has 0 bridgehead atoms. The van der Waals surface area contributed by atoms with E-state index in [0.717, 1.165) is 25.3 Å². The van der Waals surface area contributed by atoms with Crippen molar-refractivity contribution in [3.63, 3.8) is 0 Å². The van der Waals surface area contributed by atoms with Gasteiger partial charge < -0.3 is 14.6 Å². The molecule has 17 heavy (non-hydrogen) atoms. The predicted octanol–water partition coefficient (Wildman–Crippen LogP) is 1.18. The van der Waals surface area contributed by atoms with Crippen LogP contribution in [-0.4, -0.2) is 33.2 Å². The minimum atomic E-state index is 0.567. The quantitative estimate of drug-likeness (QED) is 0.759. The van der Waals surface area contributed by atoms with Gasteiger partial charge in [0.25, 0.3) is 0 Å². The van der Waals surface area contributed by atoms with Crippen LogP contribution in [0.2, 0.25) is 0 Å². The van der Waals surface area contributed by atoms with Crippen LogP contribution in [0.3, 0.4) is 0 Å². The van der Waals surface area contributed by atoms with Crippen molar-refractivity contribution in [2.45, 2.75) is 13.0 Å². The summed E-state index contributed by atoms with van der Waals surface area (Å²) >= 11 is 0. The summed E-state index contributed by atoms with van der Waals surface area (Å²) in [6.45, 7) is 1.79. The molecular weight excluding hydrogens is 218 g/mol. The number of nitrogens with zero attached hydrogens (tertiary/aromatic N) is 4. The van der Waals surface area contributed by atoms with Crippen LogP contribution in [0.15, 0.2) is 31.1 Å². The molecule has 2 rings (SSSR count). The summed E-state index contributed by atoms with van der Waals surface area (Å²) in [6, 6.07) is 1.78. The lowest BCUT2D eigenvalue weighted by Gasteiger charge is -2.06. The van der Waals surface area contributed by atoms with Crippen molar-refractivity contribution in [2.24, 2.45) is 0 Å². The zero-order valence-electron chi connectivity index (χ0n) is 9.71. The number of anilines is 1. The Balaban J connectivity index is 1.74. The fraction of sp³-hybridized carbons (Fsp3) is 0.364. The number of rotatable bonds is 6. The SMILES string of the molecule is COc1cc(NCCCn2ccnc2)ncn1. The van der Waals surface area contributed by atoms with E-state index in [9.17, 15) is 0 Å². The average Bonchev–Trinajstić information content (AvgIpc) is 2.88. The lowest BCUT2D eigenvalue weighted by molar-refractivity contribution is 0.397. The van der Waals surface area contributed by atoms with Gasteiger partial charge >= 0.3 is 0 Å². The van der Waals surface area contributed by atoms with Gasteiger partial charge in [0, 0.05) is 31.5 Å². The lowest BCUT2D eigenvalue weighted by atomic mass is 10.4. The molecule has 1 N–H and O–H groups in total. The molecule has 0 unspecified atom stereocenters. The summed E-state index contributed by atoms with van der Waals surface area (Å²) in [6.07, 6.45) is 8.03. The van der Waals surface area contributed by atoms with Gasteiger partial charge in [-0.2, -0.15) is 0 Å². The first kappa shape index (κ1) is 11.4. The van der Waals surface area contributed by atoms with E-state index in [2.05, 4.69) is 20.3 Å². The third kappa shape index (κ3) is 3.44. The minimum absolute atomic E-state index is 0.567. The molecule has 0 aliphatic carbocycles. The Morgan fingerprint density at radius 1 is 1.41 bits per heavy atom. The number of nitrogens with one attached hydrogen (secondary N) is 1. The van der Waals surface area contributed by atoms with E-state index in [1.165, 1.54) is 6.33 Å². The van der Waals surface area contributed by atoms with Crippen LogP contribution in [0.5, 0.6) is 5.88 Å². The first-order valence-corrected chi connectivity index (χ1v) is 5.44. The van der Waals surface area contributed by atoms with Crippen molar-refractivity contribution in [2.75, 3.05) is 19.0 Å². The van der Waals surface area contributed by atoms with Crippen molar-refractivity contribution >= 4 is 5.82 Å². The molecule has 0 saturated heterocycles. The smallest absolute Gasteiger partial charge is 0.218 e. The molecule has 2 heterocycles. The highest BCUT2D eigenvalue weighted by Crippen LogP contribution is 2.09. The third-order valence-corrected chi connectivity index (χ3v) is 2.31. The van der Waals surface area contributed by atoms with Crippen molar-refractivity contribution in [1.29, 1.82) is 0 Å². The Morgan fingerprint density at radius 3 is 3.12 bits per heavy atom. The molecule has 2 aromatic rings. The van der Waals surface area contributed by atoms with Crippen LogP contribution in [0, 0.1) is 0 Å². The summed E-state index contributed by atoms with van der Waals surface area (Å²) in [7, 11) is 1.59. The van der Waals surface area contributed by atoms with E-state index in [4.69, 9.17) is 4.74 Å². The van der Waals surface area contributed by atoms with Gasteiger partial charge in [-0.15, -0.1) is 0 Å². The molecule has 6 heteroatoms. The van der Waals surface area contributed by atoms with Crippen LogP contribution < -0.4 is 10.1 Å². The van der Waals surface area contributed by atoms with Crippen molar-refractivity contribution < 1.29 is 4.74 Å². The summed E-state index contributed by atoms with van der Waals surface area (Å²) in [5, 5.41) is 3.22. The molecule has 2 aromatic heterocycles. The Bertz CT molecular complexity index is 443. The van der Waals surface area contributed by atoms with Crippen LogP contribution in [0.25, 0.3) is 0 Å². The Hall–Kier alpha value is -2.11. The first-order valence-electron chi connectivity index (χ1n) is 5.44. The van der Waals surface area contributed by atoms with Crippen LogP contribution in [0.1, 0.15) is 6.42 Å². The molecule has 0 aliphatic rings. The molecule has 0 fully saturated rings. The molecule has 90 valence electrons. The summed E-state index contributed by atoms with van der Waals surface area (Å²) in [4.78, 5) is 12.0. The molecule has 0 aliphatic heterocycles. The maximum atomic E-state index is 5.02. The average molecular weight is 233 g/mol. The summed E-state index contributed by atoms with van der Waals surface area (Å²) in [5.41, 5.74) is 0. The van der Waals surface area contributed by atoms with Crippen LogP contribution >= 0.6 is 0 Å².